The number of esters is 1. The molecule has 0 fully saturated rings. The number of hydrogen-bond donors (Lipinski definition) is 0. The normalized spacial score (nSPS) is 11.2. The molecule has 1 aromatic rings. The smallest absolute Gasteiger partial charge is 0.340 e. The SMILES string of the molecule is COC(=O)c1ccsc1S(=O)(=O)Cl. The number of hydrogen-bond acceptors (Lipinski definition) is 5. The molecule has 0 aliphatic carbocycles. The number of methoxy groups -OCH3 is 1. The molecule has 0 saturated carbocycles. The molecule has 4 nitrogen and oxygen atoms in total. The fourth-order valence-corrected chi connectivity index (χ4v) is 2.97. The highest BCUT2D eigenvalue weighted by atomic mass is 35.7. The Morgan fingerprint density at radius 2 is 2.23 bits per heavy atom. The summed E-state index contributed by atoms with van der Waals surface area (Å²) >= 11 is 0.879. The van der Waals surface area contributed by atoms with E-state index in [0.717, 1.165) is 11.3 Å². The number of thiophene rings is 1. The molecule has 0 unspecified atom stereocenters. The van der Waals surface area contributed by atoms with E-state index in [1.54, 1.807) is 0 Å². The van der Waals surface area contributed by atoms with Crippen LogP contribution >= 0.6 is 22.0 Å². The van der Waals surface area contributed by atoms with Crippen LogP contribution in [0.1, 0.15) is 10.4 Å². The molecule has 7 heteroatoms. The zero-order valence-electron chi connectivity index (χ0n) is 6.48. The number of ether oxygens (including phenoxy) is 1. The Hall–Kier alpha value is -0.590. The van der Waals surface area contributed by atoms with Gasteiger partial charge in [-0.1, -0.05) is 0 Å². The summed E-state index contributed by atoms with van der Waals surface area (Å²) in [6.45, 7) is 0. The lowest BCUT2D eigenvalue weighted by Gasteiger charge is -1.97. The summed E-state index contributed by atoms with van der Waals surface area (Å²) < 4.78 is 26.0. The van der Waals surface area contributed by atoms with E-state index >= 15 is 0 Å². The highest BCUT2D eigenvalue weighted by Gasteiger charge is 2.22. The van der Waals surface area contributed by atoms with Crippen molar-refractivity contribution >= 4 is 37.0 Å². The number of carbonyl (C=O) groups is 1. The highest BCUT2D eigenvalue weighted by molar-refractivity contribution is 8.15. The average molecular weight is 241 g/mol. The first-order chi connectivity index (χ1) is 5.96. The molecule has 0 N–H and O–H groups in total. The van der Waals surface area contributed by atoms with Gasteiger partial charge in [0.2, 0.25) is 0 Å². The molecule has 0 aromatic carbocycles. The fourth-order valence-electron chi connectivity index (χ4n) is 0.746. The maximum atomic E-state index is 11.0. The van der Waals surface area contributed by atoms with Crippen LogP contribution in [0.25, 0.3) is 0 Å². The first-order valence-corrected chi connectivity index (χ1v) is 6.26. The molecule has 1 aromatic heterocycles. The third kappa shape index (κ3) is 2.20. The van der Waals surface area contributed by atoms with E-state index in [1.165, 1.54) is 18.6 Å². The molecular formula is C6H5ClO4S2. The van der Waals surface area contributed by atoms with Crippen molar-refractivity contribution in [3.05, 3.63) is 17.0 Å². The Morgan fingerprint density at radius 1 is 1.62 bits per heavy atom. The van der Waals surface area contributed by atoms with Crippen LogP contribution in [-0.4, -0.2) is 21.5 Å². The van der Waals surface area contributed by atoms with E-state index < -0.39 is 15.0 Å². The van der Waals surface area contributed by atoms with Gasteiger partial charge in [0.1, 0.15) is 4.21 Å². The third-order valence-electron chi connectivity index (χ3n) is 1.26. The van der Waals surface area contributed by atoms with E-state index in [1.807, 2.05) is 0 Å². The molecule has 1 heterocycles. The van der Waals surface area contributed by atoms with Crippen LogP contribution in [0.15, 0.2) is 15.7 Å². The topological polar surface area (TPSA) is 60.4 Å². The fraction of sp³-hybridized carbons (Fsp3) is 0.167. The summed E-state index contributed by atoms with van der Waals surface area (Å²) in [5.41, 5.74) is -0.0255. The van der Waals surface area contributed by atoms with Gasteiger partial charge in [-0.25, -0.2) is 13.2 Å². The molecule has 0 spiro atoms. The summed E-state index contributed by atoms with van der Waals surface area (Å²) in [7, 11) is 2.40. The van der Waals surface area contributed by atoms with Crippen molar-refractivity contribution in [2.75, 3.05) is 7.11 Å². The standard InChI is InChI=1S/C6H5ClO4S2/c1-11-5(8)4-2-3-12-6(4)13(7,9)10/h2-3H,1H3. The van der Waals surface area contributed by atoms with E-state index in [0.29, 0.717) is 0 Å². The van der Waals surface area contributed by atoms with Crippen LogP contribution in [0, 0.1) is 0 Å². The van der Waals surface area contributed by atoms with E-state index in [9.17, 15) is 13.2 Å². The molecular weight excluding hydrogens is 236 g/mol. The zero-order valence-corrected chi connectivity index (χ0v) is 8.87. The van der Waals surface area contributed by atoms with E-state index in [2.05, 4.69) is 4.74 Å². The Morgan fingerprint density at radius 3 is 2.69 bits per heavy atom. The van der Waals surface area contributed by atoms with Crippen molar-refractivity contribution in [1.82, 2.24) is 0 Å². The Balaban J connectivity index is 3.26. The van der Waals surface area contributed by atoms with Crippen LogP contribution in [0.4, 0.5) is 0 Å². The van der Waals surface area contributed by atoms with Crippen LogP contribution in [-0.2, 0) is 13.8 Å². The van der Waals surface area contributed by atoms with Gasteiger partial charge in [-0.3, -0.25) is 0 Å². The number of halogens is 1. The molecule has 0 atom stereocenters. The van der Waals surface area contributed by atoms with Crippen LogP contribution in [0.3, 0.4) is 0 Å². The lowest BCUT2D eigenvalue weighted by molar-refractivity contribution is 0.0597. The van der Waals surface area contributed by atoms with E-state index in [-0.39, 0.29) is 9.77 Å². The summed E-state index contributed by atoms with van der Waals surface area (Å²) in [5.74, 6) is -0.708. The van der Waals surface area contributed by atoms with E-state index in [4.69, 9.17) is 10.7 Å². The molecule has 0 amide bonds. The van der Waals surface area contributed by atoms with Gasteiger partial charge in [-0.05, 0) is 11.4 Å². The minimum absolute atomic E-state index is 0.0255. The Kier molecular flexibility index (Phi) is 2.94. The lowest BCUT2D eigenvalue weighted by atomic mass is 10.3. The highest BCUT2D eigenvalue weighted by Crippen LogP contribution is 2.26. The minimum Gasteiger partial charge on any atom is -0.465 e. The van der Waals surface area contributed by atoms with Gasteiger partial charge >= 0.3 is 5.97 Å². The second kappa shape index (κ2) is 3.65. The first kappa shape index (κ1) is 10.5. The maximum Gasteiger partial charge on any atom is 0.340 e. The van der Waals surface area contributed by atoms with Crippen molar-refractivity contribution in [3.8, 4) is 0 Å². The van der Waals surface area contributed by atoms with Gasteiger partial charge in [-0.2, -0.15) is 0 Å². The van der Waals surface area contributed by atoms with Crippen LogP contribution < -0.4 is 0 Å². The van der Waals surface area contributed by atoms with Crippen molar-refractivity contribution in [2.45, 2.75) is 4.21 Å². The third-order valence-corrected chi connectivity index (χ3v) is 4.31. The van der Waals surface area contributed by atoms with Crippen molar-refractivity contribution < 1.29 is 17.9 Å². The second-order valence-corrected chi connectivity index (χ2v) is 5.73. The summed E-state index contributed by atoms with van der Waals surface area (Å²) in [6, 6.07) is 1.35. The first-order valence-electron chi connectivity index (χ1n) is 3.07. The predicted molar refractivity (Wildman–Crippen MR) is 48.7 cm³/mol. The molecule has 0 aliphatic rings. The second-order valence-electron chi connectivity index (χ2n) is 2.05. The van der Waals surface area contributed by atoms with Gasteiger partial charge in [-0.15, -0.1) is 11.3 Å². The van der Waals surface area contributed by atoms with Gasteiger partial charge < -0.3 is 4.74 Å². The Labute approximate surface area is 83.5 Å². The van der Waals surface area contributed by atoms with Crippen LogP contribution in [0.2, 0.25) is 0 Å². The molecule has 0 aliphatic heterocycles. The predicted octanol–water partition coefficient (Wildman–Crippen LogP) is 1.46. The average Bonchev–Trinajstić information content (AvgIpc) is 2.49. The van der Waals surface area contributed by atoms with Gasteiger partial charge in [0.25, 0.3) is 9.05 Å². The van der Waals surface area contributed by atoms with Gasteiger partial charge in [0.05, 0.1) is 12.7 Å². The molecule has 13 heavy (non-hydrogen) atoms. The monoisotopic (exact) mass is 240 g/mol. The quantitative estimate of drug-likeness (QED) is 0.580. The summed E-state index contributed by atoms with van der Waals surface area (Å²) in [5, 5.41) is 1.46. The van der Waals surface area contributed by atoms with Crippen molar-refractivity contribution in [3.63, 3.8) is 0 Å². The Bertz CT molecular complexity index is 420. The minimum atomic E-state index is -3.86. The zero-order chi connectivity index (χ0) is 10.1. The van der Waals surface area contributed by atoms with Crippen molar-refractivity contribution in [1.29, 1.82) is 0 Å². The van der Waals surface area contributed by atoms with Gasteiger partial charge in [0, 0.05) is 10.7 Å². The number of carbonyl (C=O) groups excluding carboxylic acids is 1. The van der Waals surface area contributed by atoms with Crippen molar-refractivity contribution in [2.24, 2.45) is 0 Å². The molecule has 0 saturated heterocycles. The maximum absolute atomic E-state index is 11.0. The molecule has 0 radical (unpaired) electrons. The van der Waals surface area contributed by atoms with Gasteiger partial charge in [0.15, 0.2) is 0 Å². The molecule has 0 bridgehead atoms. The summed E-state index contributed by atoms with van der Waals surface area (Å²) in [4.78, 5) is 11.0. The molecule has 72 valence electrons. The van der Waals surface area contributed by atoms with Crippen LogP contribution in [0.5, 0.6) is 0 Å². The molecule has 1 rings (SSSR count). The number of rotatable bonds is 2. The largest absolute Gasteiger partial charge is 0.465 e. The summed E-state index contributed by atoms with van der Waals surface area (Å²) in [6.07, 6.45) is 0. The lowest BCUT2D eigenvalue weighted by Crippen LogP contribution is -2.03.